The van der Waals surface area contributed by atoms with Crippen molar-refractivity contribution in [1.82, 2.24) is 19.9 Å². The molecule has 0 amide bonds. The third kappa shape index (κ3) is 4.32. The number of fused-ring (bicyclic) bond motifs is 1. The van der Waals surface area contributed by atoms with Crippen LogP contribution in [0.1, 0.15) is 22.4 Å². The summed E-state index contributed by atoms with van der Waals surface area (Å²) in [7, 11) is 2.14. The fourth-order valence-electron chi connectivity index (χ4n) is 4.58. The smallest absolute Gasteiger partial charge is 0.223 e. The molecule has 0 saturated carbocycles. The van der Waals surface area contributed by atoms with Crippen molar-refractivity contribution in [2.45, 2.75) is 19.9 Å². The van der Waals surface area contributed by atoms with Gasteiger partial charge < -0.3 is 20.4 Å². The number of hydrogen-bond donors (Lipinski definition) is 1. The maximum atomic E-state index is 9.17. The molecule has 1 fully saturated rings. The molecule has 2 aliphatic heterocycles. The van der Waals surface area contributed by atoms with Gasteiger partial charge in [-0.2, -0.15) is 15.2 Å². The van der Waals surface area contributed by atoms with Gasteiger partial charge in [0.25, 0.3) is 0 Å². The summed E-state index contributed by atoms with van der Waals surface area (Å²) in [5, 5.41) is 9.17. The predicted molar refractivity (Wildman–Crippen MR) is 130 cm³/mol. The van der Waals surface area contributed by atoms with Gasteiger partial charge in [0.15, 0.2) is 0 Å². The van der Waals surface area contributed by atoms with Gasteiger partial charge in [0.2, 0.25) is 5.95 Å². The number of nitrogen functional groups attached to an aromatic ring is 1. The number of nitrogens with zero attached hydrogens (tertiary/aromatic N) is 7. The summed E-state index contributed by atoms with van der Waals surface area (Å²) in [5.41, 5.74) is 12.2. The predicted octanol–water partition coefficient (Wildman–Crippen LogP) is 2.62. The van der Waals surface area contributed by atoms with Gasteiger partial charge in [0.1, 0.15) is 23.4 Å². The molecule has 8 heteroatoms. The molecule has 0 unspecified atom stereocenters. The van der Waals surface area contributed by atoms with E-state index in [0.29, 0.717) is 11.6 Å². The fourth-order valence-corrected chi connectivity index (χ4v) is 4.58. The molecular weight excluding hydrogens is 412 g/mol. The first-order valence-electron chi connectivity index (χ1n) is 11.3. The third-order valence-corrected chi connectivity index (χ3v) is 6.60. The van der Waals surface area contributed by atoms with Crippen LogP contribution in [0.3, 0.4) is 0 Å². The van der Waals surface area contributed by atoms with Crippen molar-refractivity contribution in [3.8, 4) is 17.2 Å². The summed E-state index contributed by atoms with van der Waals surface area (Å²) in [5.74, 6) is 2.10. The molecular formula is C25H28N8. The van der Waals surface area contributed by atoms with Crippen LogP contribution in [0.2, 0.25) is 0 Å². The summed E-state index contributed by atoms with van der Waals surface area (Å²) in [6.07, 6.45) is 2.73. The van der Waals surface area contributed by atoms with E-state index in [0.717, 1.165) is 74.0 Å². The minimum atomic E-state index is 0.320. The van der Waals surface area contributed by atoms with Gasteiger partial charge >= 0.3 is 0 Å². The SMILES string of the molecule is Cc1cc(-c2ccc3c(c2)CN(c2cc(N4CCN(C)CC4)nc(N)n2)CC3)cnc1C#N. The van der Waals surface area contributed by atoms with E-state index in [-0.39, 0.29) is 0 Å². The maximum Gasteiger partial charge on any atom is 0.223 e. The van der Waals surface area contributed by atoms with Crippen LogP contribution >= 0.6 is 0 Å². The topological polar surface area (TPSA) is 98.2 Å². The molecule has 3 aromatic rings. The van der Waals surface area contributed by atoms with Crippen molar-refractivity contribution in [3.05, 3.63) is 58.9 Å². The van der Waals surface area contributed by atoms with Gasteiger partial charge in [-0.15, -0.1) is 0 Å². The number of aromatic nitrogens is 3. The summed E-state index contributed by atoms with van der Waals surface area (Å²) in [6, 6.07) is 12.8. The number of benzene rings is 1. The third-order valence-electron chi connectivity index (χ3n) is 6.60. The highest BCUT2D eigenvalue weighted by atomic mass is 15.3. The van der Waals surface area contributed by atoms with Gasteiger partial charge in [-0.25, -0.2) is 4.98 Å². The summed E-state index contributed by atoms with van der Waals surface area (Å²) in [4.78, 5) is 20.3. The molecule has 8 nitrogen and oxygen atoms in total. The molecule has 0 bridgehead atoms. The molecule has 5 rings (SSSR count). The summed E-state index contributed by atoms with van der Waals surface area (Å²) < 4.78 is 0. The van der Waals surface area contributed by atoms with Crippen LogP contribution in [0.15, 0.2) is 36.5 Å². The highest BCUT2D eigenvalue weighted by molar-refractivity contribution is 5.66. The van der Waals surface area contributed by atoms with Crippen LogP contribution in [-0.4, -0.2) is 59.6 Å². The zero-order valence-electron chi connectivity index (χ0n) is 19.1. The summed E-state index contributed by atoms with van der Waals surface area (Å²) >= 11 is 0. The lowest BCUT2D eigenvalue weighted by Crippen LogP contribution is -2.45. The Bertz CT molecular complexity index is 1220. The fraction of sp³-hybridized carbons (Fsp3) is 0.360. The Morgan fingerprint density at radius 1 is 0.909 bits per heavy atom. The number of piperazine rings is 1. The van der Waals surface area contributed by atoms with Crippen molar-refractivity contribution in [3.63, 3.8) is 0 Å². The molecule has 2 aromatic heterocycles. The van der Waals surface area contributed by atoms with Crippen molar-refractivity contribution < 1.29 is 0 Å². The molecule has 168 valence electrons. The van der Waals surface area contributed by atoms with Crippen LogP contribution in [-0.2, 0) is 13.0 Å². The number of rotatable bonds is 3. The average Bonchev–Trinajstić information content (AvgIpc) is 2.83. The standard InChI is InChI=1S/C25H28N8/c1-17-11-20(15-28-22(17)14-26)19-4-3-18-5-6-33(16-21(18)12-19)24-13-23(29-25(27)30-24)32-9-7-31(2)8-10-32/h3-4,11-13,15H,5-10,16H2,1-2H3,(H2,27,29,30). The van der Waals surface area contributed by atoms with Gasteiger partial charge in [-0.1, -0.05) is 12.1 Å². The van der Waals surface area contributed by atoms with Gasteiger partial charge in [0, 0.05) is 57.1 Å². The Labute approximate surface area is 194 Å². The molecule has 0 atom stereocenters. The normalized spacial score (nSPS) is 16.4. The van der Waals surface area contributed by atoms with Crippen LogP contribution in [0, 0.1) is 18.3 Å². The number of anilines is 3. The van der Waals surface area contributed by atoms with Crippen molar-refractivity contribution in [2.24, 2.45) is 0 Å². The Hall–Kier alpha value is -3.70. The zero-order chi connectivity index (χ0) is 22.9. The second-order valence-corrected chi connectivity index (χ2v) is 8.89. The van der Waals surface area contributed by atoms with Gasteiger partial charge in [0.05, 0.1) is 0 Å². The molecule has 0 radical (unpaired) electrons. The lowest BCUT2D eigenvalue weighted by atomic mass is 9.94. The van der Waals surface area contributed by atoms with Gasteiger partial charge in [-0.3, -0.25) is 0 Å². The average molecular weight is 441 g/mol. The largest absolute Gasteiger partial charge is 0.368 e. The van der Waals surface area contributed by atoms with Crippen LogP contribution in [0.4, 0.5) is 17.6 Å². The molecule has 0 aliphatic carbocycles. The Morgan fingerprint density at radius 2 is 1.67 bits per heavy atom. The molecule has 2 aliphatic rings. The van der Waals surface area contributed by atoms with Crippen LogP contribution in [0.5, 0.6) is 0 Å². The number of nitriles is 1. The van der Waals surface area contributed by atoms with Crippen LogP contribution in [0.25, 0.3) is 11.1 Å². The van der Waals surface area contributed by atoms with E-state index >= 15 is 0 Å². The maximum absolute atomic E-state index is 9.17. The van der Waals surface area contributed by atoms with Crippen LogP contribution < -0.4 is 15.5 Å². The monoisotopic (exact) mass is 440 g/mol. The molecule has 1 saturated heterocycles. The lowest BCUT2D eigenvalue weighted by Gasteiger charge is -2.34. The van der Waals surface area contributed by atoms with E-state index in [2.05, 4.69) is 67.0 Å². The highest BCUT2D eigenvalue weighted by Crippen LogP contribution is 2.30. The van der Waals surface area contributed by atoms with E-state index < -0.39 is 0 Å². The number of nitrogens with two attached hydrogens (primary N) is 1. The minimum Gasteiger partial charge on any atom is -0.368 e. The molecule has 33 heavy (non-hydrogen) atoms. The molecule has 4 heterocycles. The second-order valence-electron chi connectivity index (χ2n) is 8.89. The van der Waals surface area contributed by atoms with Crippen molar-refractivity contribution in [1.29, 1.82) is 5.26 Å². The van der Waals surface area contributed by atoms with E-state index in [1.165, 1.54) is 11.1 Å². The zero-order valence-corrected chi connectivity index (χ0v) is 19.1. The van der Waals surface area contributed by atoms with E-state index in [4.69, 9.17) is 11.0 Å². The number of hydrogen-bond acceptors (Lipinski definition) is 8. The molecule has 2 N–H and O–H groups in total. The quantitative estimate of drug-likeness (QED) is 0.664. The Kier molecular flexibility index (Phi) is 5.56. The minimum absolute atomic E-state index is 0.320. The first-order chi connectivity index (χ1) is 16.0. The Balaban J connectivity index is 1.40. The number of pyridine rings is 1. The van der Waals surface area contributed by atoms with E-state index in [1.54, 1.807) is 6.20 Å². The number of likely N-dealkylation sites (N-methyl/N-ethyl adjacent to an activating group) is 1. The lowest BCUT2D eigenvalue weighted by molar-refractivity contribution is 0.312. The first kappa shape index (κ1) is 21.2. The molecule has 0 spiro atoms. The molecule has 1 aromatic carbocycles. The number of aryl methyl sites for hydroxylation is 1. The van der Waals surface area contributed by atoms with Crippen molar-refractivity contribution >= 4 is 17.6 Å². The highest BCUT2D eigenvalue weighted by Gasteiger charge is 2.22. The van der Waals surface area contributed by atoms with E-state index in [9.17, 15) is 0 Å². The second kappa shape index (κ2) is 8.68. The van der Waals surface area contributed by atoms with E-state index in [1.807, 2.05) is 13.0 Å². The van der Waals surface area contributed by atoms with Gasteiger partial charge in [-0.05, 0) is 54.8 Å². The van der Waals surface area contributed by atoms with Crippen molar-refractivity contribution in [2.75, 3.05) is 55.3 Å². The first-order valence-corrected chi connectivity index (χ1v) is 11.3. The Morgan fingerprint density at radius 3 is 2.39 bits per heavy atom. The summed E-state index contributed by atoms with van der Waals surface area (Å²) in [6.45, 7) is 7.50.